The zero-order valence-corrected chi connectivity index (χ0v) is 13.1. The number of benzene rings is 1. The molecular formula is C14H15BrN2O4. The van der Waals surface area contributed by atoms with Crippen LogP contribution in [0.2, 0.25) is 0 Å². The highest BCUT2D eigenvalue weighted by molar-refractivity contribution is 9.10. The third-order valence-electron chi connectivity index (χ3n) is 3.14. The first-order valence-electron chi connectivity index (χ1n) is 6.42. The van der Waals surface area contributed by atoms with E-state index in [4.69, 9.17) is 4.74 Å². The zero-order chi connectivity index (χ0) is 15.4. The summed E-state index contributed by atoms with van der Waals surface area (Å²) in [5.74, 6) is -0.355. The van der Waals surface area contributed by atoms with Crippen molar-refractivity contribution in [3.05, 3.63) is 28.2 Å². The fourth-order valence-corrected chi connectivity index (χ4v) is 2.68. The van der Waals surface area contributed by atoms with Crippen molar-refractivity contribution >= 4 is 33.7 Å². The van der Waals surface area contributed by atoms with Gasteiger partial charge >= 0.3 is 0 Å². The number of nitrogens with zero attached hydrogens (tertiary/aromatic N) is 1. The first-order chi connectivity index (χ1) is 9.99. The molecule has 0 spiro atoms. The van der Waals surface area contributed by atoms with Crippen molar-refractivity contribution in [2.24, 2.45) is 0 Å². The molecule has 0 unspecified atom stereocenters. The Bertz CT molecular complexity index is 572. The normalized spacial score (nSPS) is 14.9. The molecule has 1 N–H and O–H groups in total. The van der Waals surface area contributed by atoms with Gasteiger partial charge in [0.05, 0.1) is 11.6 Å². The Kier molecular flexibility index (Phi) is 4.95. The molecule has 0 atom stereocenters. The molecule has 0 saturated carbocycles. The third-order valence-corrected chi connectivity index (χ3v) is 3.76. The van der Waals surface area contributed by atoms with Gasteiger partial charge in [0.1, 0.15) is 18.8 Å². The highest BCUT2D eigenvalue weighted by atomic mass is 79.9. The molecule has 21 heavy (non-hydrogen) atoms. The monoisotopic (exact) mass is 354 g/mol. The summed E-state index contributed by atoms with van der Waals surface area (Å²) in [6.07, 6.45) is 0.785. The molecule has 1 aliphatic heterocycles. The second-order valence-electron chi connectivity index (χ2n) is 4.69. The summed E-state index contributed by atoms with van der Waals surface area (Å²) in [6.45, 7) is -0.117. The first kappa shape index (κ1) is 15.5. The van der Waals surface area contributed by atoms with Crippen LogP contribution in [0.1, 0.15) is 12.0 Å². The van der Waals surface area contributed by atoms with E-state index in [1.165, 1.54) is 4.90 Å². The standard InChI is InChI=1S/C14H15BrN2O4/c1-21-11-4-2-9(6-10(11)15)3-5-14(20)17-7-12(18)16-13(19)8-17/h2,4,6H,3,5,7-8H2,1H3,(H,16,18,19). The van der Waals surface area contributed by atoms with Crippen LogP contribution in [0.25, 0.3) is 0 Å². The van der Waals surface area contributed by atoms with Crippen molar-refractivity contribution < 1.29 is 19.1 Å². The second-order valence-corrected chi connectivity index (χ2v) is 5.54. The lowest BCUT2D eigenvalue weighted by Crippen LogP contribution is -2.53. The smallest absolute Gasteiger partial charge is 0.246 e. The van der Waals surface area contributed by atoms with Gasteiger partial charge in [-0.3, -0.25) is 19.7 Å². The number of ether oxygens (including phenoxy) is 1. The van der Waals surface area contributed by atoms with Crippen molar-refractivity contribution in [2.75, 3.05) is 20.2 Å². The molecule has 0 aromatic heterocycles. The van der Waals surface area contributed by atoms with E-state index in [0.29, 0.717) is 6.42 Å². The Morgan fingerprint density at radius 3 is 2.57 bits per heavy atom. The van der Waals surface area contributed by atoms with E-state index in [0.717, 1.165) is 15.8 Å². The summed E-state index contributed by atoms with van der Waals surface area (Å²) in [5.41, 5.74) is 0.976. The van der Waals surface area contributed by atoms with Crippen molar-refractivity contribution in [2.45, 2.75) is 12.8 Å². The fraction of sp³-hybridized carbons (Fsp3) is 0.357. The maximum atomic E-state index is 12.0. The number of halogens is 1. The summed E-state index contributed by atoms with van der Waals surface area (Å²) in [4.78, 5) is 35.8. The van der Waals surface area contributed by atoms with E-state index in [9.17, 15) is 14.4 Å². The number of hydrogen-bond donors (Lipinski definition) is 1. The van der Waals surface area contributed by atoms with Gasteiger partial charge in [-0.25, -0.2) is 0 Å². The van der Waals surface area contributed by atoms with Gasteiger partial charge in [-0.2, -0.15) is 0 Å². The summed E-state index contributed by atoms with van der Waals surface area (Å²) in [6, 6.07) is 5.59. The lowest BCUT2D eigenvalue weighted by Gasteiger charge is -2.25. The molecule has 0 radical (unpaired) electrons. The van der Waals surface area contributed by atoms with Gasteiger partial charge < -0.3 is 9.64 Å². The van der Waals surface area contributed by atoms with Crippen LogP contribution in [-0.4, -0.2) is 42.8 Å². The van der Waals surface area contributed by atoms with Gasteiger partial charge in [0.2, 0.25) is 17.7 Å². The van der Waals surface area contributed by atoms with Gasteiger partial charge in [-0.15, -0.1) is 0 Å². The lowest BCUT2D eigenvalue weighted by molar-refractivity contribution is -0.145. The Hall–Kier alpha value is -1.89. The van der Waals surface area contributed by atoms with Gasteiger partial charge in [0.25, 0.3) is 0 Å². The summed E-state index contributed by atoms with van der Waals surface area (Å²) < 4.78 is 5.96. The Balaban J connectivity index is 1.93. The van der Waals surface area contributed by atoms with Gasteiger partial charge in [0, 0.05) is 6.42 Å². The maximum absolute atomic E-state index is 12.0. The quantitative estimate of drug-likeness (QED) is 0.814. The molecule has 112 valence electrons. The van der Waals surface area contributed by atoms with E-state index in [1.54, 1.807) is 7.11 Å². The van der Waals surface area contributed by atoms with Crippen LogP contribution in [0.15, 0.2) is 22.7 Å². The van der Waals surface area contributed by atoms with Crippen molar-refractivity contribution in [1.82, 2.24) is 10.2 Å². The minimum Gasteiger partial charge on any atom is -0.496 e. The number of nitrogens with one attached hydrogen (secondary N) is 1. The predicted octanol–water partition coefficient (Wildman–Crippen LogP) is 0.875. The van der Waals surface area contributed by atoms with E-state index in [-0.39, 0.29) is 25.4 Å². The number of hydrogen-bond acceptors (Lipinski definition) is 4. The molecule has 1 aromatic carbocycles. The van der Waals surface area contributed by atoms with Crippen molar-refractivity contribution in [1.29, 1.82) is 0 Å². The van der Waals surface area contributed by atoms with Crippen LogP contribution in [0.5, 0.6) is 5.75 Å². The van der Waals surface area contributed by atoms with Gasteiger partial charge in [0.15, 0.2) is 0 Å². The number of amides is 3. The molecule has 1 fully saturated rings. The number of aryl methyl sites for hydroxylation is 1. The molecule has 0 bridgehead atoms. The molecule has 1 aliphatic rings. The number of carbonyl (C=O) groups is 3. The first-order valence-corrected chi connectivity index (χ1v) is 7.22. The van der Waals surface area contributed by atoms with E-state index in [1.807, 2.05) is 18.2 Å². The number of imide groups is 1. The predicted molar refractivity (Wildman–Crippen MR) is 78.7 cm³/mol. The highest BCUT2D eigenvalue weighted by Crippen LogP contribution is 2.26. The lowest BCUT2D eigenvalue weighted by atomic mass is 10.1. The topological polar surface area (TPSA) is 75.7 Å². The number of piperazine rings is 1. The van der Waals surface area contributed by atoms with Crippen LogP contribution in [0.3, 0.4) is 0 Å². The Labute approximate surface area is 130 Å². The van der Waals surface area contributed by atoms with Gasteiger partial charge in [-0.1, -0.05) is 6.07 Å². The average Bonchev–Trinajstić information content (AvgIpc) is 2.43. The molecule has 1 saturated heterocycles. The molecular weight excluding hydrogens is 340 g/mol. The Morgan fingerprint density at radius 2 is 2.00 bits per heavy atom. The van der Waals surface area contributed by atoms with Crippen LogP contribution in [-0.2, 0) is 20.8 Å². The summed E-state index contributed by atoms with van der Waals surface area (Å²) in [5, 5.41) is 2.17. The van der Waals surface area contributed by atoms with Crippen molar-refractivity contribution in [3.8, 4) is 5.75 Å². The number of rotatable bonds is 4. The van der Waals surface area contributed by atoms with Crippen LogP contribution >= 0.6 is 15.9 Å². The molecule has 1 heterocycles. The molecule has 2 rings (SSSR count). The number of methoxy groups -OCH3 is 1. The summed E-state index contributed by atoms with van der Waals surface area (Å²) >= 11 is 3.39. The Morgan fingerprint density at radius 1 is 1.33 bits per heavy atom. The average molecular weight is 355 g/mol. The number of carbonyl (C=O) groups excluding carboxylic acids is 3. The summed E-state index contributed by atoms with van der Waals surface area (Å²) in [7, 11) is 1.59. The molecule has 6 nitrogen and oxygen atoms in total. The minimum absolute atomic E-state index is 0.0587. The van der Waals surface area contributed by atoms with Crippen molar-refractivity contribution in [3.63, 3.8) is 0 Å². The zero-order valence-electron chi connectivity index (χ0n) is 11.5. The van der Waals surface area contributed by atoms with E-state index in [2.05, 4.69) is 21.2 Å². The third kappa shape index (κ3) is 4.04. The van der Waals surface area contributed by atoms with E-state index >= 15 is 0 Å². The largest absolute Gasteiger partial charge is 0.496 e. The SMILES string of the molecule is COc1ccc(CCC(=O)N2CC(=O)NC(=O)C2)cc1Br. The molecule has 7 heteroatoms. The second kappa shape index (κ2) is 6.71. The van der Waals surface area contributed by atoms with Crippen LogP contribution < -0.4 is 10.1 Å². The molecule has 1 aromatic rings. The maximum Gasteiger partial charge on any atom is 0.246 e. The van der Waals surface area contributed by atoms with Crippen LogP contribution in [0, 0.1) is 0 Å². The van der Waals surface area contributed by atoms with Crippen LogP contribution in [0.4, 0.5) is 0 Å². The molecule has 0 aliphatic carbocycles. The van der Waals surface area contributed by atoms with E-state index < -0.39 is 11.8 Å². The molecule has 3 amide bonds. The minimum atomic E-state index is -0.438. The highest BCUT2D eigenvalue weighted by Gasteiger charge is 2.25. The van der Waals surface area contributed by atoms with Gasteiger partial charge in [-0.05, 0) is 40.0 Å². The fourth-order valence-electron chi connectivity index (χ4n) is 2.09.